The van der Waals surface area contributed by atoms with E-state index < -0.39 is 0 Å². The van der Waals surface area contributed by atoms with Gasteiger partial charge in [0.15, 0.2) is 5.78 Å². The van der Waals surface area contributed by atoms with E-state index in [4.69, 9.17) is 0 Å². The molecule has 0 spiro atoms. The number of benzene rings is 2. The Hall–Kier alpha value is -1.89. The molecule has 0 saturated heterocycles. The van der Waals surface area contributed by atoms with E-state index >= 15 is 0 Å². The molecular weight excluding hydrogens is 244 g/mol. The van der Waals surface area contributed by atoms with Gasteiger partial charge in [-0.15, -0.1) is 0 Å². The van der Waals surface area contributed by atoms with Crippen molar-refractivity contribution in [2.75, 3.05) is 0 Å². The van der Waals surface area contributed by atoms with Crippen molar-refractivity contribution in [3.05, 3.63) is 71.3 Å². The van der Waals surface area contributed by atoms with Gasteiger partial charge >= 0.3 is 0 Å². The highest BCUT2D eigenvalue weighted by molar-refractivity contribution is 6.01. The molecule has 2 aromatic carbocycles. The first kappa shape index (κ1) is 13.1. The van der Waals surface area contributed by atoms with Crippen LogP contribution in [0.25, 0.3) is 0 Å². The molecule has 0 N–H and O–H groups in total. The number of carbonyl (C=O) groups excluding carboxylic acids is 1. The fourth-order valence-corrected chi connectivity index (χ4v) is 3.39. The summed E-state index contributed by atoms with van der Waals surface area (Å²) in [6, 6.07) is 18.4. The summed E-state index contributed by atoms with van der Waals surface area (Å²) in [5.74, 6) is 0.408. The van der Waals surface area contributed by atoms with E-state index in [1.807, 2.05) is 36.4 Å². The highest BCUT2D eigenvalue weighted by Gasteiger charge is 2.37. The van der Waals surface area contributed by atoms with E-state index in [9.17, 15) is 4.79 Å². The molecule has 0 aromatic heterocycles. The summed E-state index contributed by atoms with van der Waals surface area (Å²) in [5, 5.41) is 0. The van der Waals surface area contributed by atoms with Crippen molar-refractivity contribution in [1.82, 2.24) is 0 Å². The Kier molecular flexibility index (Phi) is 3.21. The van der Waals surface area contributed by atoms with Crippen molar-refractivity contribution < 1.29 is 4.79 Å². The lowest BCUT2D eigenvalue weighted by atomic mass is 9.66. The Balaban J connectivity index is 1.95. The first-order valence-corrected chi connectivity index (χ1v) is 7.25. The average molecular weight is 264 g/mol. The summed E-state index contributed by atoms with van der Waals surface area (Å²) in [6.45, 7) is 4.49. The molecule has 0 aliphatic heterocycles. The Labute approximate surface area is 120 Å². The number of hydrogen-bond acceptors (Lipinski definition) is 1. The maximum absolute atomic E-state index is 12.7. The highest BCUT2D eigenvalue weighted by atomic mass is 16.1. The molecule has 102 valence electrons. The quantitative estimate of drug-likeness (QED) is 0.785. The van der Waals surface area contributed by atoms with Gasteiger partial charge in [0.25, 0.3) is 0 Å². The first-order valence-electron chi connectivity index (χ1n) is 7.25. The summed E-state index contributed by atoms with van der Waals surface area (Å²) in [6.07, 6.45) is 1.77. The summed E-state index contributed by atoms with van der Waals surface area (Å²) in [7, 11) is 0. The summed E-state index contributed by atoms with van der Waals surface area (Å²) in [5.41, 5.74) is 3.45. The minimum atomic E-state index is 0.0734. The van der Waals surface area contributed by atoms with Crippen LogP contribution in [0.2, 0.25) is 0 Å². The lowest BCUT2D eigenvalue weighted by Gasteiger charge is -2.36. The molecule has 0 saturated carbocycles. The van der Waals surface area contributed by atoms with Gasteiger partial charge in [0, 0.05) is 11.5 Å². The predicted molar refractivity (Wildman–Crippen MR) is 82.1 cm³/mol. The SMILES string of the molecule is CC1(C)C[C@H](Cc2ccccc2)C(=O)c2ccccc21. The highest BCUT2D eigenvalue weighted by Crippen LogP contribution is 2.40. The number of carbonyl (C=O) groups is 1. The van der Waals surface area contributed by atoms with Crippen LogP contribution in [-0.2, 0) is 11.8 Å². The molecule has 1 aliphatic rings. The zero-order valence-corrected chi connectivity index (χ0v) is 12.1. The van der Waals surface area contributed by atoms with Gasteiger partial charge in [-0.05, 0) is 29.4 Å². The molecule has 2 aromatic rings. The van der Waals surface area contributed by atoms with Gasteiger partial charge < -0.3 is 0 Å². The zero-order valence-electron chi connectivity index (χ0n) is 12.1. The third-order valence-electron chi connectivity index (χ3n) is 4.37. The van der Waals surface area contributed by atoms with Crippen LogP contribution in [0.3, 0.4) is 0 Å². The minimum absolute atomic E-state index is 0.0734. The van der Waals surface area contributed by atoms with Gasteiger partial charge in [-0.3, -0.25) is 4.79 Å². The number of hydrogen-bond donors (Lipinski definition) is 0. The van der Waals surface area contributed by atoms with Crippen LogP contribution < -0.4 is 0 Å². The first-order chi connectivity index (χ1) is 9.58. The lowest BCUT2D eigenvalue weighted by Crippen LogP contribution is -2.35. The minimum Gasteiger partial charge on any atom is -0.294 e. The van der Waals surface area contributed by atoms with E-state index in [0.717, 1.165) is 18.4 Å². The molecule has 0 heterocycles. The average Bonchev–Trinajstić information content (AvgIpc) is 2.46. The van der Waals surface area contributed by atoms with Crippen molar-refractivity contribution in [2.45, 2.75) is 32.1 Å². The molecule has 0 bridgehead atoms. The smallest absolute Gasteiger partial charge is 0.166 e. The molecule has 3 rings (SSSR count). The van der Waals surface area contributed by atoms with Gasteiger partial charge in [-0.2, -0.15) is 0 Å². The second-order valence-corrected chi connectivity index (χ2v) is 6.38. The van der Waals surface area contributed by atoms with Gasteiger partial charge in [0.05, 0.1) is 0 Å². The normalized spacial score (nSPS) is 20.5. The lowest BCUT2D eigenvalue weighted by molar-refractivity contribution is 0.0873. The maximum atomic E-state index is 12.7. The van der Waals surface area contributed by atoms with Gasteiger partial charge in [-0.25, -0.2) is 0 Å². The standard InChI is InChI=1S/C19H20O/c1-19(2)13-15(12-14-8-4-3-5-9-14)18(20)16-10-6-7-11-17(16)19/h3-11,15H,12-13H2,1-2H3/t15-/m0/s1. The molecule has 0 radical (unpaired) electrons. The third kappa shape index (κ3) is 2.29. The van der Waals surface area contributed by atoms with Crippen LogP contribution in [0, 0.1) is 5.92 Å². The largest absolute Gasteiger partial charge is 0.294 e. The van der Waals surface area contributed by atoms with Crippen LogP contribution in [0.4, 0.5) is 0 Å². The number of fused-ring (bicyclic) bond motifs is 1. The van der Waals surface area contributed by atoms with Crippen molar-refractivity contribution in [3.63, 3.8) is 0 Å². The Bertz CT molecular complexity index is 625. The van der Waals surface area contributed by atoms with E-state index in [1.165, 1.54) is 11.1 Å². The Morgan fingerprint density at radius 3 is 2.40 bits per heavy atom. The molecule has 0 unspecified atom stereocenters. The van der Waals surface area contributed by atoms with Gasteiger partial charge in [0.1, 0.15) is 0 Å². The van der Waals surface area contributed by atoms with Gasteiger partial charge in [0.2, 0.25) is 0 Å². The molecule has 0 fully saturated rings. The summed E-state index contributed by atoms with van der Waals surface area (Å²) < 4.78 is 0. The van der Waals surface area contributed by atoms with Crippen LogP contribution in [0.5, 0.6) is 0 Å². The third-order valence-corrected chi connectivity index (χ3v) is 4.37. The molecule has 20 heavy (non-hydrogen) atoms. The van der Waals surface area contributed by atoms with Crippen molar-refractivity contribution in [3.8, 4) is 0 Å². The van der Waals surface area contributed by atoms with Crippen LogP contribution in [-0.4, -0.2) is 5.78 Å². The maximum Gasteiger partial charge on any atom is 0.166 e. The van der Waals surface area contributed by atoms with E-state index in [0.29, 0.717) is 5.78 Å². The summed E-state index contributed by atoms with van der Waals surface area (Å²) in [4.78, 5) is 12.7. The number of ketones is 1. The monoisotopic (exact) mass is 264 g/mol. The Morgan fingerprint density at radius 2 is 1.65 bits per heavy atom. The van der Waals surface area contributed by atoms with Crippen LogP contribution >= 0.6 is 0 Å². The van der Waals surface area contributed by atoms with E-state index in [-0.39, 0.29) is 11.3 Å². The van der Waals surface area contributed by atoms with Crippen molar-refractivity contribution in [2.24, 2.45) is 5.92 Å². The van der Waals surface area contributed by atoms with E-state index in [1.54, 1.807) is 0 Å². The fourth-order valence-electron chi connectivity index (χ4n) is 3.39. The predicted octanol–water partition coefficient (Wildman–Crippen LogP) is 4.41. The second kappa shape index (κ2) is 4.90. The number of rotatable bonds is 2. The summed E-state index contributed by atoms with van der Waals surface area (Å²) >= 11 is 0. The van der Waals surface area contributed by atoms with Gasteiger partial charge in [-0.1, -0.05) is 68.4 Å². The number of Topliss-reactive ketones (excluding diaryl/α,β-unsaturated/α-hetero) is 1. The Morgan fingerprint density at radius 1 is 1.00 bits per heavy atom. The fraction of sp³-hybridized carbons (Fsp3) is 0.316. The van der Waals surface area contributed by atoms with Crippen molar-refractivity contribution in [1.29, 1.82) is 0 Å². The molecule has 1 atom stereocenters. The molecule has 1 aliphatic carbocycles. The van der Waals surface area contributed by atoms with E-state index in [2.05, 4.69) is 32.0 Å². The molecule has 1 heteroatoms. The molecule has 0 amide bonds. The molecular formula is C19H20O. The topological polar surface area (TPSA) is 17.1 Å². The van der Waals surface area contributed by atoms with Crippen LogP contribution in [0.15, 0.2) is 54.6 Å². The zero-order chi connectivity index (χ0) is 14.2. The van der Waals surface area contributed by atoms with Crippen LogP contribution in [0.1, 0.15) is 41.8 Å². The van der Waals surface area contributed by atoms with Crippen molar-refractivity contribution >= 4 is 5.78 Å². The molecule has 1 nitrogen and oxygen atoms in total. The second-order valence-electron chi connectivity index (χ2n) is 6.38.